The number of rotatable bonds is 7. The molecular weight excluding hydrogens is 314 g/mol. The van der Waals surface area contributed by atoms with Gasteiger partial charge in [0.05, 0.1) is 4.92 Å². The predicted molar refractivity (Wildman–Crippen MR) is 86.1 cm³/mol. The lowest BCUT2D eigenvalue weighted by atomic mass is 10.0. The Balaban J connectivity index is 1.68. The third kappa shape index (κ3) is 5.53. The van der Waals surface area contributed by atoms with E-state index in [-0.39, 0.29) is 17.3 Å². The van der Waals surface area contributed by atoms with Gasteiger partial charge in [-0.1, -0.05) is 37.8 Å². The van der Waals surface area contributed by atoms with Crippen molar-refractivity contribution in [2.24, 2.45) is 5.92 Å². The van der Waals surface area contributed by atoms with Crippen LogP contribution in [0.3, 0.4) is 0 Å². The van der Waals surface area contributed by atoms with E-state index in [0.717, 1.165) is 6.42 Å². The van der Waals surface area contributed by atoms with Crippen molar-refractivity contribution in [2.45, 2.75) is 38.5 Å². The van der Waals surface area contributed by atoms with Crippen molar-refractivity contribution in [3.63, 3.8) is 0 Å². The monoisotopic (exact) mass is 335 g/mol. The summed E-state index contributed by atoms with van der Waals surface area (Å²) in [5.41, 5.74) is 4.35. The average Bonchev–Trinajstić information content (AvgIpc) is 3.10. The minimum Gasteiger partial charge on any atom is -0.477 e. The van der Waals surface area contributed by atoms with Gasteiger partial charge >= 0.3 is 5.69 Å². The molecule has 1 aromatic rings. The van der Waals surface area contributed by atoms with Gasteiger partial charge in [0.15, 0.2) is 12.4 Å². The minimum absolute atomic E-state index is 0.00482. The van der Waals surface area contributed by atoms with Crippen molar-refractivity contribution < 1.29 is 19.2 Å². The lowest BCUT2D eigenvalue weighted by Gasteiger charge is -2.10. The van der Waals surface area contributed by atoms with Gasteiger partial charge in [0.2, 0.25) is 5.91 Å². The summed E-state index contributed by atoms with van der Waals surface area (Å²) in [6.07, 6.45) is 6.00. The van der Waals surface area contributed by atoms with Crippen molar-refractivity contribution in [3.8, 4) is 5.75 Å². The minimum atomic E-state index is -0.585. The fourth-order valence-electron chi connectivity index (χ4n) is 2.75. The van der Waals surface area contributed by atoms with E-state index < -0.39 is 17.4 Å². The Hall–Kier alpha value is -2.64. The summed E-state index contributed by atoms with van der Waals surface area (Å²) < 4.78 is 5.13. The van der Waals surface area contributed by atoms with Crippen LogP contribution in [0, 0.1) is 16.0 Å². The number of benzene rings is 1. The molecule has 2 rings (SSSR count). The third-order valence-corrected chi connectivity index (χ3v) is 4.02. The summed E-state index contributed by atoms with van der Waals surface area (Å²) in [5.74, 6) is -0.220. The maximum absolute atomic E-state index is 11.7. The Labute approximate surface area is 139 Å². The molecule has 1 saturated carbocycles. The number of para-hydroxylation sites is 2. The van der Waals surface area contributed by atoms with E-state index >= 15 is 0 Å². The third-order valence-electron chi connectivity index (χ3n) is 4.02. The van der Waals surface area contributed by atoms with E-state index in [1.807, 2.05) is 0 Å². The number of nitro benzene ring substituents is 1. The van der Waals surface area contributed by atoms with Crippen LogP contribution < -0.4 is 15.6 Å². The van der Waals surface area contributed by atoms with Crippen LogP contribution in [0.1, 0.15) is 38.5 Å². The van der Waals surface area contributed by atoms with Crippen LogP contribution in [0.25, 0.3) is 0 Å². The second kappa shape index (κ2) is 8.85. The second-order valence-electron chi connectivity index (χ2n) is 5.80. The number of carbonyl (C=O) groups excluding carboxylic acids is 2. The van der Waals surface area contributed by atoms with Gasteiger partial charge in [-0.05, 0) is 18.4 Å². The maximum Gasteiger partial charge on any atom is 0.310 e. The van der Waals surface area contributed by atoms with E-state index in [0.29, 0.717) is 12.3 Å². The van der Waals surface area contributed by atoms with Crippen molar-refractivity contribution in [1.82, 2.24) is 10.9 Å². The molecular formula is C16H21N3O5. The predicted octanol–water partition coefficient (Wildman–Crippen LogP) is 2.09. The number of ether oxygens (including phenoxy) is 1. The Morgan fingerprint density at radius 1 is 1.17 bits per heavy atom. The molecule has 0 aliphatic heterocycles. The summed E-state index contributed by atoms with van der Waals surface area (Å²) in [6, 6.07) is 5.78. The standard InChI is InChI=1S/C16H21N3O5/c20-15(10-9-12-5-1-2-6-12)17-18-16(21)11-24-14-8-4-3-7-13(14)19(22)23/h3-4,7-8,12H,1-2,5-6,9-11H2,(H,17,20)(H,18,21). The molecule has 8 heteroatoms. The van der Waals surface area contributed by atoms with Crippen molar-refractivity contribution in [1.29, 1.82) is 0 Å². The summed E-state index contributed by atoms with van der Waals surface area (Å²) in [5, 5.41) is 10.8. The molecule has 1 aromatic carbocycles. The number of nitrogens with zero attached hydrogens (tertiary/aromatic N) is 1. The lowest BCUT2D eigenvalue weighted by Crippen LogP contribution is -2.43. The highest BCUT2D eigenvalue weighted by Crippen LogP contribution is 2.28. The number of hydrogen-bond donors (Lipinski definition) is 2. The molecule has 0 spiro atoms. The van der Waals surface area contributed by atoms with E-state index in [4.69, 9.17) is 4.74 Å². The topological polar surface area (TPSA) is 111 Å². The molecule has 0 atom stereocenters. The summed E-state index contributed by atoms with van der Waals surface area (Å²) in [6.45, 7) is -0.423. The fraction of sp³-hybridized carbons (Fsp3) is 0.500. The highest BCUT2D eigenvalue weighted by molar-refractivity contribution is 5.82. The molecule has 2 amide bonds. The summed E-state index contributed by atoms with van der Waals surface area (Å²) in [4.78, 5) is 33.6. The van der Waals surface area contributed by atoms with E-state index in [1.165, 1.54) is 43.9 Å². The Kier molecular flexibility index (Phi) is 6.53. The van der Waals surface area contributed by atoms with Gasteiger partial charge in [-0.25, -0.2) is 0 Å². The molecule has 24 heavy (non-hydrogen) atoms. The first kappa shape index (κ1) is 17.7. The van der Waals surface area contributed by atoms with Crippen LogP contribution >= 0.6 is 0 Å². The van der Waals surface area contributed by atoms with Gasteiger partial charge in [-0.15, -0.1) is 0 Å². The highest BCUT2D eigenvalue weighted by Gasteiger charge is 2.17. The Morgan fingerprint density at radius 3 is 2.54 bits per heavy atom. The van der Waals surface area contributed by atoms with Gasteiger partial charge in [-0.3, -0.25) is 30.6 Å². The van der Waals surface area contributed by atoms with Crippen LogP contribution in [0.15, 0.2) is 24.3 Å². The zero-order valence-electron chi connectivity index (χ0n) is 13.3. The van der Waals surface area contributed by atoms with Crippen LogP contribution in [0.5, 0.6) is 5.75 Å². The van der Waals surface area contributed by atoms with Gasteiger partial charge in [0.1, 0.15) is 0 Å². The van der Waals surface area contributed by atoms with Crippen LogP contribution in [0.4, 0.5) is 5.69 Å². The molecule has 8 nitrogen and oxygen atoms in total. The second-order valence-corrected chi connectivity index (χ2v) is 5.80. The van der Waals surface area contributed by atoms with E-state index in [9.17, 15) is 19.7 Å². The van der Waals surface area contributed by atoms with Gasteiger partial charge in [0.25, 0.3) is 5.91 Å². The largest absolute Gasteiger partial charge is 0.477 e. The highest BCUT2D eigenvalue weighted by atomic mass is 16.6. The zero-order chi connectivity index (χ0) is 17.4. The quantitative estimate of drug-likeness (QED) is 0.585. The van der Waals surface area contributed by atoms with Gasteiger partial charge in [0, 0.05) is 12.5 Å². The number of carbonyl (C=O) groups is 2. The molecule has 0 bridgehead atoms. The SMILES string of the molecule is O=C(CCC1CCCC1)NNC(=O)COc1ccccc1[N+](=O)[O-]. The lowest BCUT2D eigenvalue weighted by molar-refractivity contribution is -0.385. The van der Waals surface area contributed by atoms with Crippen molar-refractivity contribution in [3.05, 3.63) is 34.4 Å². The van der Waals surface area contributed by atoms with Crippen LogP contribution in [0.2, 0.25) is 0 Å². The molecule has 1 aliphatic rings. The number of amides is 2. The first-order valence-corrected chi connectivity index (χ1v) is 8.00. The number of hydrogen-bond acceptors (Lipinski definition) is 5. The van der Waals surface area contributed by atoms with Crippen molar-refractivity contribution >= 4 is 17.5 Å². The van der Waals surface area contributed by atoms with Crippen LogP contribution in [-0.4, -0.2) is 23.3 Å². The first-order valence-electron chi connectivity index (χ1n) is 8.00. The molecule has 130 valence electrons. The smallest absolute Gasteiger partial charge is 0.310 e. The van der Waals surface area contributed by atoms with Gasteiger partial charge in [-0.2, -0.15) is 0 Å². The van der Waals surface area contributed by atoms with E-state index in [1.54, 1.807) is 6.07 Å². The normalized spacial score (nSPS) is 14.2. The first-order chi connectivity index (χ1) is 11.6. The molecule has 0 aromatic heterocycles. The maximum atomic E-state index is 11.7. The number of nitro groups is 1. The molecule has 0 saturated heterocycles. The summed E-state index contributed by atoms with van der Waals surface area (Å²) >= 11 is 0. The number of nitrogens with one attached hydrogen (secondary N) is 2. The molecule has 1 fully saturated rings. The molecule has 0 heterocycles. The molecule has 0 radical (unpaired) electrons. The van der Waals surface area contributed by atoms with Gasteiger partial charge < -0.3 is 4.74 Å². The molecule has 0 unspecified atom stereocenters. The fourth-order valence-corrected chi connectivity index (χ4v) is 2.75. The van der Waals surface area contributed by atoms with E-state index in [2.05, 4.69) is 10.9 Å². The number of hydrazine groups is 1. The zero-order valence-corrected chi connectivity index (χ0v) is 13.3. The Morgan fingerprint density at radius 2 is 1.83 bits per heavy atom. The van der Waals surface area contributed by atoms with Crippen LogP contribution in [-0.2, 0) is 9.59 Å². The molecule has 1 aliphatic carbocycles. The summed E-state index contributed by atoms with van der Waals surface area (Å²) in [7, 11) is 0. The molecule has 2 N–H and O–H groups in total. The Bertz CT molecular complexity index is 599. The van der Waals surface area contributed by atoms with Crippen molar-refractivity contribution in [2.75, 3.05) is 6.61 Å². The average molecular weight is 335 g/mol.